The van der Waals surface area contributed by atoms with E-state index in [-0.39, 0.29) is 18.4 Å². The van der Waals surface area contributed by atoms with Crippen LogP contribution < -0.4 is 4.74 Å². The first kappa shape index (κ1) is 27.2. The Kier molecular flexibility index (Phi) is 9.46. The van der Waals surface area contributed by atoms with E-state index in [2.05, 4.69) is 10.1 Å². The Balaban J connectivity index is 0.00000176. The molecule has 1 aromatic carbocycles. The third-order valence-corrected chi connectivity index (χ3v) is 5.56. The van der Waals surface area contributed by atoms with E-state index in [9.17, 15) is 18.0 Å². The van der Waals surface area contributed by atoms with Gasteiger partial charge in [-0.25, -0.2) is 4.98 Å². The number of aromatic nitrogens is 3. The van der Waals surface area contributed by atoms with Crippen molar-refractivity contribution in [2.24, 2.45) is 0 Å². The second-order valence-electron chi connectivity index (χ2n) is 7.98. The predicted octanol–water partition coefficient (Wildman–Crippen LogP) is 5.45. The lowest BCUT2D eigenvalue weighted by molar-refractivity contribution is -0.137. The molecule has 1 amide bonds. The molecule has 0 radical (unpaired) electrons. The molecule has 194 valence electrons. The van der Waals surface area contributed by atoms with Gasteiger partial charge in [0.2, 0.25) is 5.88 Å². The van der Waals surface area contributed by atoms with Crippen molar-refractivity contribution >= 4 is 5.91 Å². The molecule has 10 heteroatoms. The molecule has 0 atom stereocenters. The largest absolute Gasteiger partial charge is 0.478 e. The Morgan fingerprint density at radius 1 is 1.14 bits per heavy atom. The van der Waals surface area contributed by atoms with E-state index in [0.717, 1.165) is 29.1 Å². The van der Waals surface area contributed by atoms with E-state index >= 15 is 0 Å². The van der Waals surface area contributed by atoms with E-state index in [1.165, 1.54) is 6.07 Å². The number of unbranched alkanes of at least 4 members (excludes halogenated alkanes) is 1. The Labute approximate surface area is 208 Å². The summed E-state index contributed by atoms with van der Waals surface area (Å²) in [6.07, 6.45) is -2.41. The van der Waals surface area contributed by atoms with Gasteiger partial charge in [-0.1, -0.05) is 44.2 Å². The number of benzene rings is 1. The highest BCUT2D eigenvalue weighted by Crippen LogP contribution is 2.31. The maximum Gasteiger partial charge on any atom is 0.417 e. The average Bonchev–Trinajstić information content (AvgIpc) is 3.29. The van der Waals surface area contributed by atoms with Crippen molar-refractivity contribution in [1.82, 2.24) is 19.7 Å². The maximum absolute atomic E-state index is 13.2. The topological polar surface area (TPSA) is 69.5 Å². The van der Waals surface area contributed by atoms with Gasteiger partial charge in [-0.15, -0.1) is 0 Å². The van der Waals surface area contributed by atoms with Gasteiger partial charge in [-0.05, 0) is 24.5 Å². The molecule has 2 aromatic heterocycles. The lowest BCUT2D eigenvalue weighted by Gasteiger charge is -2.17. The molecular formula is C26H31F3N4O3. The Hall–Kier alpha value is -3.40. The molecule has 0 unspecified atom stereocenters. The average molecular weight is 505 g/mol. The van der Waals surface area contributed by atoms with Gasteiger partial charge in [-0.3, -0.25) is 9.48 Å². The van der Waals surface area contributed by atoms with Crippen molar-refractivity contribution in [3.05, 3.63) is 65.6 Å². The van der Waals surface area contributed by atoms with Crippen LogP contribution in [0.4, 0.5) is 13.2 Å². The highest BCUT2D eigenvalue weighted by atomic mass is 19.4. The van der Waals surface area contributed by atoms with E-state index in [0.29, 0.717) is 44.8 Å². The Morgan fingerprint density at radius 2 is 1.89 bits per heavy atom. The van der Waals surface area contributed by atoms with Gasteiger partial charge in [0.25, 0.3) is 5.91 Å². The van der Waals surface area contributed by atoms with Crippen molar-refractivity contribution in [2.75, 3.05) is 26.8 Å². The van der Waals surface area contributed by atoms with Crippen molar-refractivity contribution in [3.8, 4) is 17.0 Å². The zero-order valence-corrected chi connectivity index (χ0v) is 20.7. The van der Waals surface area contributed by atoms with Crippen LogP contribution in [0.3, 0.4) is 0 Å². The fourth-order valence-corrected chi connectivity index (χ4v) is 3.75. The molecule has 0 aliphatic carbocycles. The summed E-state index contributed by atoms with van der Waals surface area (Å²) in [5, 5.41) is 4.59. The second-order valence-corrected chi connectivity index (χ2v) is 7.98. The molecule has 3 heterocycles. The number of carbonyl (C=O) groups excluding carboxylic acids is 1. The van der Waals surface area contributed by atoms with Crippen LogP contribution >= 0.6 is 0 Å². The highest BCUT2D eigenvalue weighted by Gasteiger charge is 2.31. The molecule has 0 N–H and O–H groups in total. The number of alkyl halides is 3. The molecule has 36 heavy (non-hydrogen) atoms. The number of halogens is 3. The van der Waals surface area contributed by atoms with Gasteiger partial charge in [0.05, 0.1) is 37.6 Å². The van der Waals surface area contributed by atoms with Crippen molar-refractivity contribution in [3.63, 3.8) is 0 Å². The summed E-state index contributed by atoms with van der Waals surface area (Å²) in [6.45, 7) is 6.33. The number of ether oxygens (including phenoxy) is 2. The summed E-state index contributed by atoms with van der Waals surface area (Å²) in [6, 6.07) is 11.8. The fraction of sp³-hybridized carbons (Fsp3) is 0.423. The molecule has 0 bridgehead atoms. The standard InChI is InChI=1S/C24H25F3N4O3.C2H6/c1-30(11-5-6-13-34-20-10-9-18(15-28-20)24(25,26)27)23(32)22-21(17-7-3-2-4-8-17)19-16-33-14-12-31(19)29-22;1-2/h2-4,7-10,15H,5-6,11-14,16H2,1H3;1-2H3. The third kappa shape index (κ3) is 6.63. The van der Waals surface area contributed by atoms with Gasteiger partial charge in [0.15, 0.2) is 5.69 Å². The molecule has 0 saturated carbocycles. The Morgan fingerprint density at radius 3 is 2.56 bits per heavy atom. The zero-order valence-electron chi connectivity index (χ0n) is 20.7. The summed E-state index contributed by atoms with van der Waals surface area (Å²) < 4.78 is 50.7. The number of amides is 1. The number of hydrogen-bond donors (Lipinski definition) is 0. The van der Waals surface area contributed by atoms with Gasteiger partial charge in [0, 0.05) is 31.4 Å². The van der Waals surface area contributed by atoms with E-state index < -0.39 is 11.7 Å². The van der Waals surface area contributed by atoms with Crippen LogP contribution in [0.25, 0.3) is 11.1 Å². The molecule has 0 saturated heterocycles. The number of carbonyl (C=O) groups is 1. The first-order chi connectivity index (χ1) is 17.3. The number of hydrogen-bond acceptors (Lipinski definition) is 5. The summed E-state index contributed by atoms with van der Waals surface area (Å²) in [7, 11) is 1.73. The number of fused-ring (bicyclic) bond motifs is 1. The van der Waals surface area contributed by atoms with Crippen LogP contribution in [0.2, 0.25) is 0 Å². The minimum absolute atomic E-state index is 0.135. The first-order valence-corrected chi connectivity index (χ1v) is 12.0. The van der Waals surface area contributed by atoms with Gasteiger partial charge in [0.1, 0.15) is 0 Å². The number of pyridine rings is 1. The van der Waals surface area contributed by atoms with Crippen LogP contribution in [0.1, 0.15) is 48.4 Å². The quantitative estimate of drug-likeness (QED) is 0.382. The highest BCUT2D eigenvalue weighted by molar-refractivity contribution is 5.99. The van der Waals surface area contributed by atoms with Crippen LogP contribution in [0.5, 0.6) is 5.88 Å². The van der Waals surface area contributed by atoms with Crippen LogP contribution in [0, 0.1) is 0 Å². The molecular weight excluding hydrogens is 473 g/mol. The fourth-order valence-electron chi connectivity index (χ4n) is 3.75. The smallest absolute Gasteiger partial charge is 0.417 e. The Bertz CT molecular complexity index is 1120. The SMILES string of the molecule is CC.CN(CCCCOc1ccc(C(F)(F)F)cn1)C(=O)c1nn2c(c1-c1ccccc1)COCC2. The van der Waals surface area contributed by atoms with Gasteiger partial charge < -0.3 is 14.4 Å². The van der Waals surface area contributed by atoms with Gasteiger partial charge in [-0.2, -0.15) is 18.3 Å². The van der Waals surface area contributed by atoms with E-state index in [1.807, 2.05) is 48.9 Å². The second kappa shape index (κ2) is 12.5. The minimum atomic E-state index is -4.43. The molecule has 1 aliphatic rings. The molecule has 1 aliphatic heterocycles. The van der Waals surface area contributed by atoms with Crippen molar-refractivity contribution < 1.29 is 27.4 Å². The molecule has 0 spiro atoms. The first-order valence-electron chi connectivity index (χ1n) is 12.0. The zero-order chi connectivity index (χ0) is 26.1. The summed E-state index contributed by atoms with van der Waals surface area (Å²) in [5.74, 6) is -0.0400. The number of rotatable bonds is 8. The number of nitrogens with zero attached hydrogens (tertiary/aromatic N) is 4. The van der Waals surface area contributed by atoms with Crippen LogP contribution in [-0.2, 0) is 24.1 Å². The van der Waals surface area contributed by atoms with E-state index in [1.54, 1.807) is 11.9 Å². The van der Waals surface area contributed by atoms with Gasteiger partial charge >= 0.3 is 6.18 Å². The molecule has 4 rings (SSSR count). The predicted molar refractivity (Wildman–Crippen MR) is 130 cm³/mol. The minimum Gasteiger partial charge on any atom is -0.478 e. The molecule has 3 aromatic rings. The van der Waals surface area contributed by atoms with Crippen LogP contribution in [-0.4, -0.2) is 52.4 Å². The lowest BCUT2D eigenvalue weighted by Crippen LogP contribution is -2.29. The van der Waals surface area contributed by atoms with Crippen molar-refractivity contribution in [2.45, 2.75) is 46.0 Å². The molecule has 7 nitrogen and oxygen atoms in total. The summed E-state index contributed by atoms with van der Waals surface area (Å²) in [4.78, 5) is 18.5. The van der Waals surface area contributed by atoms with Crippen molar-refractivity contribution in [1.29, 1.82) is 0 Å². The lowest BCUT2D eigenvalue weighted by atomic mass is 10.0. The summed E-state index contributed by atoms with van der Waals surface area (Å²) >= 11 is 0. The van der Waals surface area contributed by atoms with Crippen LogP contribution in [0.15, 0.2) is 48.7 Å². The molecule has 0 fully saturated rings. The third-order valence-electron chi connectivity index (χ3n) is 5.56. The van der Waals surface area contributed by atoms with E-state index in [4.69, 9.17) is 9.47 Å². The normalized spacial score (nSPS) is 12.8. The summed E-state index contributed by atoms with van der Waals surface area (Å²) in [5.41, 5.74) is 2.20. The maximum atomic E-state index is 13.2. The monoisotopic (exact) mass is 504 g/mol.